The second kappa shape index (κ2) is 5.48. The molecular weight excluding hydrogens is 204 g/mol. The number of carbonyl (C=O) groups is 1. The summed E-state index contributed by atoms with van der Waals surface area (Å²) in [5, 5.41) is 8.66. The maximum Gasteiger partial charge on any atom is 0.331 e. The van der Waals surface area contributed by atoms with Gasteiger partial charge in [-0.2, -0.15) is 0 Å². The molecule has 1 aliphatic carbocycles. The SMILES string of the molecule is CC(=CCOC1CCC(C)(C)CC1)C(=O)O. The zero-order valence-corrected chi connectivity index (χ0v) is 10.5. The quantitative estimate of drug-likeness (QED) is 0.749. The lowest BCUT2D eigenvalue weighted by Gasteiger charge is -2.33. The Bertz CT molecular complexity index is 269. The first kappa shape index (κ1) is 13.2. The van der Waals surface area contributed by atoms with Crippen LogP contribution in [0.3, 0.4) is 0 Å². The predicted molar refractivity (Wildman–Crippen MR) is 63.4 cm³/mol. The van der Waals surface area contributed by atoms with Crippen LogP contribution in [0.25, 0.3) is 0 Å². The van der Waals surface area contributed by atoms with E-state index in [1.165, 1.54) is 12.8 Å². The van der Waals surface area contributed by atoms with Gasteiger partial charge in [-0.1, -0.05) is 13.8 Å². The van der Waals surface area contributed by atoms with Crippen LogP contribution in [-0.4, -0.2) is 23.8 Å². The smallest absolute Gasteiger partial charge is 0.331 e. The molecule has 0 aromatic carbocycles. The molecule has 1 rings (SSSR count). The van der Waals surface area contributed by atoms with Gasteiger partial charge in [-0.3, -0.25) is 0 Å². The Kier molecular flexibility index (Phi) is 4.54. The molecule has 1 saturated carbocycles. The Balaban J connectivity index is 2.25. The summed E-state index contributed by atoms with van der Waals surface area (Å²) in [5.74, 6) is -0.867. The molecule has 0 amide bonds. The van der Waals surface area contributed by atoms with Gasteiger partial charge >= 0.3 is 5.97 Å². The molecule has 1 aliphatic rings. The Morgan fingerprint density at radius 3 is 2.50 bits per heavy atom. The third-order valence-electron chi connectivity index (χ3n) is 3.34. The molecule has 0 heterocycles. The van der Waals surface area contributed by atoms with Gasteiger partial charge < -0.3 is 9.84 Å². The van der Waals surface area contributed by atoms with Crippen LogP contribution in [0.2, 0.25) is 0 Å². The predicted octanol–water partition coefficient (Wildman–Crippen LogP) is 3.00. The fourth-order valence-electron chi connectivity index (χ4n) is 1.94. The third kappa shape index (κ3) is 4.35. The molecule has 0 aromatic heterocycles. The molecule has 0 spiro atoms. The number of carboxylic acid groups (broad SMARTS) is 1. The summed E-state index contributed by atoms with van der Waals surface area (Å²) in [6, 6.07) is 0. The summed E-state index contributed by atoms with van der Waals surface area (Å²) in [7, 11) is 0. The van der Waals surface area contributed by atoms with E-state index in [4.69, 9.17) is 9.84 Å². The van der Waals surface area contributed by atoms with Crippen LogP contribution in [-0.2, 0) is 9.53 Å². The zero-order valence-electron chi connectivity index (χ0n) is 10.5. The standard InChI is InChI=1S/C13H22O3/c1-10(12(14)15)6-9-16-11-4-7-13(2,3)8-5-11/h6,11H,4-5,7-9H2,1-3H3,(H,14,15). The Labute approximate surface area is 97.5 Å². The molecule has 0 radical (unpaired) electrons. The van der Waals surface area contributed by atoms with Gasteiger partial charge in [0.05, 0.1) is 12.7 Å². The summed E-state index contributed by atoms with van der Waals surface area (Å²) in [4.78, 5) is 10.5. The van der Waals surface area contributed by atoms with Crippen molar-refractivity contribution in [3.05, 3.63) is 11.6 Å². The average molecular weight is 226 g/mol. The van der Waals surface area contributed by atoms with Crippen molar-refractivity contribution in [1.29, 1.82) is 0 Å². The van der Waals surface area contributed by atoms with Crippen molar-refractivity contribution < 1.29 is 14.6 Å². The number of aliphatic carboxylic acids is 1. The number of hydrogen-bond donors (Lipinski definition) is 1. The molecular formula is C13H22O3. The summed E-state index contributed by atoms with van der Waals surface area (Å²) in [5.41, 5.74) is 0.809. The topological polar surface area (TPSA) is 46.5 Å². The number of ether oxygens (including phenoxy) is 1. The number of carboxylic acids is 1. The van der Waals surface area contributed by atoms with Crippen molar-refractivity contribution in [2.75, 3.05) is 6.61 Å². The van der Waals surface area contributed by atoms with Gasteiger partial charge in [0.1, 0.15) is 0 Å². The van der Waals surface area contributed by atoms with Crippen molar-refractivity contribution in [3.63, 3.8) is 0 Å². The summed E-state index contributed by atoms with van der Waals surface area (Å²) < 4.78 is 5.66. The number of rotatable bonds is 4. The molecule has 16 heavy (non-hydrogen) atoms. The van der Waals surface area contributed by atoms with Gasteiger partial charge in [-0.15, -0.1) is 0 Å². The zero-order chi connectivity index (χ0) is 12.2. The Morgan fingerprint density at radius 2 is 2.00 bits per heavy atom. The molecule has 0 unspecified atom stereocenters. The fourth-order valence-corrected chi connectivity index (χ4v) is 1.94. The molecule has 0 aliphatic heterocycles. The van der Waals surface area contributed by atoms with Crippen LogP contribution in [0.4, 0.5) is 0 Å². The fraction of sp³-hybridized carbons (Fsp3) is 0.769. The first-order valence-electron chi connectivity index (χ1n) is 5.92. The van der Waals surface area contributed by atoms with E-state index >= 15 is 0 Å². The van der Waals surface area contributed by atoms with E-state index in [0.717, 1.165) is 12.8 Å². The van der Waals surface area contributed by atoms with Crippen LogP contribution in [0.1, 0.15) is 46.5 Å². The second-order valence-corrected chi connectivity index (χ2v) is 5.39. The molecule has 3 nitrogen and oxygen atoms in total. The molecule has 0 saturated heterocycles. The normalized spacial score (nSPS) is 22.1. The molecule has 1 fully saturated rings. The lowest BCUT2D eigenvalue weighted by atomic mass is 9.76. The van der Waals surface area contributed by atoms with Crippen molar-refractivity contribution in [3.8, 4) is 0 Å². The van der Waals surface area contributed by atoms with Gasteiger partial charge in [0, 0.05) is 5.57 Å². The minimum Gasteiger partial charge on any atom is -0.478 e. The van der Waals surface area contributed by atoms with E-state index in [0.29, 0.717) is 23.7 Å². The highest BCUT2D eigenvalue weighted by atomic mass is 16.5. The lowest BCUT2D eigenvalue weighted by molar-refractivity contribution is -0.132. The maximum absolute atomic E-state index is 10.5. The van der Waals surface area contributed by atoms with Gasteiger partial charge in [0.2, 0.25) is 0 Å². The van der Waals surface area contributed by atoms with Crippen molar-refractivity contribution in [1.82, 2.24) is 0 Å². The summed E-state index contributed by atoms with van der Waals surface area (Å²) >= 11 is 0. The van der Waals surface area contributed by atoms with E-state index in [1.54, 1.807) is 13.0 Å². The summed E-state index contributed by atoms with van der Waals surface area (Å²) in [6.45, 7) is 6.59. The van der Waals surface area contributed by atoms with Crippen molar-refractivity contribution in [2.24, 2.45) is 5.41 Å². The van der Waals surface area contributed by atoms with Gasteiger partial charge in [-0.05, 0) is 44.1 Å². The minimum absolute atomic E-state index is 0.311. The molecule has 92 valence electrons. The van der Waals surface area contributed by atoms with Gasteiger partial charge in [0.15, 0.2) is 0 Å². The van der Waals surface area contributed by atoms with Crippen LogP contribution < -0.4 is 0 Å². The first-order chi connectivity index (χ1) is 7.41. The van der Waals surface area contributed by atoms with Crippen molar-refractivity contribution >= 4 is 5.97 Å². The Hall–Kier alpha value is -0.830. The van der Waals surface area contributed by atoms with Crippen molar-refractivity contribution in [2.45, 2.75) is 52.6 Å². The average Bonchev–Trinajstić information content (AvgIpc) is 2.20. The van der Waals surface area contributed by atoms with E-state index in [2.05, 4.69) is 13.8 Å². The maximum atomic E-state index is 10.5. The minimum atomic E-state index is -0.867. The lowest BCUT2D eigenvalue weighted by Crippen LogP contribution is -2.26. The van der Waals surface area contributed by atoms with Gasteiger partial charge in [-0.25, -0.2) is 4.79 Å². The monoisotopic (exact) mass is 226 g/mol. The number of hydrogen-bond acceptors (Lipinski definition) is 2. The first-order valence-corrected chi connectivity index (χ1v) is 5.92. The van der Waals surface area contributed by atoms with E-state index in [1.807, 2.05) is 0 Å². The second-order valence-electron chi connectivity index (χ2n) is 5.39. The molecule has 0 aromatic rings. The van der Waals surface area contributed by atoms with E-state index in [9.17, 15) is 4.79 Å². The van der Waals surface area contributed by atoms with E-state index < -0.39 is 5.97 Å². The highest BCUT2D eigenvalue weighted by molar-refractivity contribution is 5.85. The molecule has 0 bridgehead atoms. The van der Waals surface area contributed by atoms with Crippen LogP contribution >= 0.6 is 0 Å². The molecule has 0 atom stereocenters. The largest absolute Gasteiger partial charge is 0.478 e. The summed E-state index contributed by atoms with van der Waals surface area (Å²) in [6.07, 6.45) is 6.52. The molecule has 1 N–H and O–H groups in total. The third-order valence-corrected chi connectivity index (χ3v) is 3.34. The van der Waals surface area contributed by atoms with Crippen LogP contribution in [0.5, 0.6) is 0 Å². The van der Waals surface area contributed by atoms with Crippen LogP contribution in [0, 0.1) is 5.41 Å². The Morgan fingerprint density at radius 1 is 1.44 bits per heavy atom. The van der Waals surface area contributed by atoms with Crippen LogP contribution in [0.15, 0.2) is 11.6 Å². The molecule has 3 heteroatoms. The van der Waals surface area contributed by atoms with Gasteiger partial charge in [0.25, 0.3) is 0 Å². The highest BCUT2D eigenvalue weighted by Crippen LogP contribution is 2.36. The van der Waals surface area contributed by atoms with E-state index in [-0.39, 0.29) is 0 Å². The highest BCUT2D eigenvalue weighted by Gasteiger charge is 2.26.